The van der Waals surface area contributed by atoms with Gasteiger partial charge in [0.1, 0.15) is 16.7 Å². The van der Waals surface area contributed by atoms with Crippen LogP contribution in [0, 0.1) is 0 Å². The highest BCUT2D eigenvalue weighted by Crippen LogP contribution is 2.43. The molecule has 108 valence electrons. The van der Waals surface area contributed by atoms with Crippen LogP contribution in [-0.2, 0) is 4.74 Å². The van der Waals surface area contributed by atoms with E-state index in [1.54, 1.807) is 38.5 Å². The second kappa shape index (κ2) is 5.26. The SMILES string of the molecule is COc1ccc(OC)c(C2OC(=O)c3ccnc(Cl)c32)c1. The summed E-state index contributed by atoms with van der Waals surface area (Å²) in [5.74, 6) is 0.792. The Morgan fingerprint density at radius 2 is 2.05 bits per heavy atom. The van der Waals surface area contributed by atoms with Gasteiger partial charge in [0, 0.05) is 17.3 Å². The average molecular weight is 306 g/mol. The second-order valence-corrected chi connectivity index (χ2v) is 4.81. The predicted octanol–water partition coefficient (Wildman–Crippen LogP) is 3.01. The molecule has 1 aliphatic heterocycles. The number of aromatic nitrogens is 1. The number of cyclic esters (lactones) is 1. The third kappa shape index (κ3) is 2.19. The van der Waals surface area contributed by atoms with E-state index in [0.717, 1.165) is 0 Å². The molecule has 2 aromatic rings. The summed E-state index contributed by atoms with van der Waals surface area (Å²) in [6.07, 6.45) is 0.826. The van der Waals surface area contributed by atoms with Crippen LogP contribution in [0.3, 0.4) is 0 Å². The minimum Gasteiger partial charge on any atom is -0.497 e. The number of nitrogens with zero attached hydrogens (tertiary/aromatic N) is 1. The molecule has 1 unspecified atom stereocenters. The fourth-order valence-electron chi connectivity index (χ4n) is 2.37. The van der Waals surface area contributed by atoms with E-state index in [4.69, 9.17) is 25.8 Å². The van der Waals surface area contributed by atoms with Gasteiger partial charge in [0.2, 0.25) is 0 Å². The van der Waals surface area contributed by atoms with Gasteiger partial charge in [-0.05, 0) is 24.3 Å². The molecule has 0 amide bonds. The van der Waals surface area contributed by atoms with E-state index in [0.29, 0.717) is 28.2 Å². The standard InChI is InChI=1S/C15H12ClNO4/c1-19-8-3-4-11(20-2)10(7-8)13-12-9(15(18)21-13)5-6-17-14(12)16/h3-7,13H,1-2H3. The van der Waals surface area contributed by atoms with E-state index in [1.165, 1.54) is 6.20 Å². The monoisotopic (exact) mass is 305 g/mol. The van der Waals surface area contributed by atoms with Crippen molar-refractivity contribution in [1.82, 2.24) is 4.98 Å². The van der Waals surface area contributed by atoms with Crippen molar-refractivity contribution in [2.24, 2.45) is 0 Å². The normalized spacial score (nSPS) is 16.3. The maximum atomic E-state index is 12.0. The van der Waals surface area contributed by atoms with Crippen molar-refractivity contribution < 1.29 is 19.0 Å². The minimum atomic E-state index is -0.654. The lowest BCUT2D eigenvalue weighted by atomic mass is 10.00. The molecule has 3 rings (SSSR count). The number of halogens is 1. The molecule has 2 heterocycles. The van der Waals surface area contributed by atoms with Gasteiger partial charge in [-0.1, -0.05) is 11.6 Å². The molecule has 0 saturated heterocycles. The van der Waals surface area contributed by atoms with Gasteiger partial charge in [0.25, 0.3) is 0 Å². The molecule has 1 aromatic heterocycles. The zero-order valence-corrected chi connectivity index (χ0v) is 12.2. The first-order valence-electron chi connectivity index (χ1n) is 6.23. The smallest absolute Gasteiger partial charge is 0.339 e. The van der Waals surface area contributed by atoms with Crippen LogP contribution < -0.4 is 9.47 Å². The number of ether oxygens (including phenoxy) is 3. The molecule has 1 aromatic carbocycles. The molecule has 6 heteroatoms. The van der Waals surface area contributed by atoms with Crippen molar-refractivity contribution in [1.29, 1.82) is 0 Å². The molecular weight excluding hydrogens is 294 g/mol. The molecule has 0 spiro atoms. The summed E-state index contributed by atoms with van der Waals surface area (Å²) >= 11 is 6.13. The number of carbonyl (C=O) groups is 1. The quantitative estimate of drug-likeness (QED) is 0.644. The zero-order chi connectivity index (χ0) is 15.0. The first-order chi connectivity index (χ1) is 10.2. The fraction of sp³-hybridized carbons (Fsp3) is 0.200. The Bertz CT molecular complexity index is 717. The number of rotatable bonds is 3. The predicted molar refractivity (Wildman–Crippen MR) is 76.1 cm³/mol. The highest BCUT2D eigenvalue weighted by molar-refractivity contribution is 6.31. The molecule has 0 aliphatic carbocycles. The summed E-state index contributed by atoms with van der Waals surface area (Å²) in [4.78, 5) is 16.0. The van der Waals surface area contributed by atoms with Gasteiger partial charge in [0.05, 0.1) is 19.8 Å². The summed E-state index contributed by atoms with van der Waals surface area (Å²) in [5.41, 5.74) is 1.64. The van der Waals surface area contributed by atoms with Crippen molar-refractivity contribution in [2.75, 3.05) is 14.2 Å². The maximum Gasteiger partial charge on any atom is 0.339 e. The van der Waals surface area contributed by atoms with Gasteiger partial charge in [-0.25, -0.2) is 9.78 Å². The van der Waals surface area contributed by atoms with Crippen LogP contribution in [0.4, 0.5) is 0 Å². The summed E-state index contributed by atoms with van der Waals surface area (Å²) in [5, 5.41) is 0.244. The minimum absolute atomic E-state index is 0.244. The third-order valence-corrected chi connectivity index (χ3v) is 3.67. The van der Waals surface area contributed by atoms with Crippen molar-refractivity contribution in [2.45, 2.75) is 6.10 Å². The Hall–Kier alpha value is -2.27. The van der Waals surface area contributed by atoms with E-state index in [2.05, 4.69) is 4.98 Å². The summed E-state index contributed by atoms with van der Waals surface area (Å²) in [6, 6.07) is 6.88. The molecule has 0 bridgehead atoms. The highest BCUT2D eigenvalue weighted by Gasteiger charge is 2.36. The lowest BCUT2D eigenvalue weighted by molar-refractivity contribution is 0.0452. The van der Waals surface area contributed by atoms with Crippen LogP contribution in [0.2, 0.25) is 5.15 Å². The van der Waals surface area contributed by atoms with Gasteiger partial charge in [-0.15, -0.1) is 0 Å². The average Bonchev–Trinajstić information content (AvgIpc) is 2.85. The largest absolute Gasteiger partial charge is 0.497 e. The number of fused-ring (bicyclic) bond motifs is 1. The number of esters is 1. The molecule has 0 radical (unpaired) electrons. The van der Waals surface area contributed by atoms with Crippen LogP contribution in [0.1, 0.15) is 27.6 Å². The van der Waals surface area contributed by atoms with Crippen molar-refractivity contribution >= 4 is 17.6 Å². The molecule has 1 atom stereocenters. The Morgan fingerprint density at radius 1 is 1.24 bits per heavy atom. The Balaban J connectivity index is 2.17. The van der Waals surface area contributed by atoms with E-state index in [9.17, 15) is 4.79 Å². The van der Waals surface area contributed by atoms with Gasteiger partial charge < -0.3 is 14.2 Å². The maximum absolute atomic E-state index is 12.0. The summed E-state index contributed by atoms with van der Waals surface area (Å²) in [6.45, 7) is 0. The molecular formula is C15H12ClNO4. The van der Waals surface area contributed by atoms with Crippen LogP contribution in [-0.4, -0.2) is 25.2 Å². The molecule has 1 aliphatic rings. The topological polar surface area (TPSA) is 57.7 Å². The van der Waals surface area contributed by atoms with Gasteiger partial charge in [0.15, 0.2) is 6.10 Å². The van der Waals surface area contributed by atoms with E-state index in [-0.39, 0.29) is 5.15 Å². The number of hydrogen-bond donors (Lipinski definition) is 0. The Morgan fingerprint density at radius 3 is 2.76 bits per heavy atom. The third-order valence-electron chi connectivity index (χ3n) is 3.37. The summed E-state index contributed by atoms with van der Waals surface area (Å²) < 4.78 is 16.0. The van der Waals surface area contributed by atoms with E-state index < -0.39 is 12.1 Å². The number of carbonyl (C=O) groups excluding carboxylic acids is 1. The first-order valence-corrected chi connectivity index (χ1v) is 6.60. The number of methoxy groups -OCH3 is 2. The van der Waals surface area contributed by atoms with Crippen molar-refractivity contribution in [3.63, 3.8) is 0 Å². The van der Waals surface area contributed by atoms with Crippen LogP contribution in [0.5, 0.6) is 11.5 Å². The molecule has 0 N–H and O–H groups in total. The lowest BCUT2D eigenvalue weighted by Gasteiger charge is -2.16. The van der Waals surface area contributed by atoms with Crippen LogP contribution in [0.25, 0.3) is 0 Å². The molecule has 0 saturated carbocycles. The Labute approximate surface area is 126 Å². The van der Waals surface area contributed by atoms with E-state index in [1.807, 2.05) is 0 Å². The van der Waals surface area contributed by atoms with Gasteiger partial charge >= 0.3 is 5.97 Å². The number of hydrogen-bond acceptors (Lipinski definition) is 5. The molecule has 0 fully saturated rings. The molecule has 21 heavy (non-hydrogen) atoms. The first kappa shape index (κ1) is 13.7. The zero-order valence-electron chi connectivity index (χ0n) is 11.4. The van der Waals surface area contributed by atoms with Crippen molar-refractivity contribution in [3.05, 3.63) is 52.3 Å². The van der Waals surface area contributed by atoms with Crippen molar-refractivity contribution in [3.8, 4) is 11.5 Å². The Kier molecular flexibility index (Phi) is 3.43. The highest BCUT2D eigenvalue weighted by atomic mass is 35.5. The van der Waals surface area contributed by atoms with Crippen LogP contribution >= 0.6 is 11.6 Å². The second-order valence-electron chi connectivity index (χ2n) is 4.46. The van der Waals surface area contributed by atoms with Crippen LogP contribution in [0.15, 0.2) is 30.5 Å². The molecule has 5 nitrogen and oxygen atoms in total. The fourth-order valence-corrected chi connectivity index (χ4v) is 2.63. The number of pyridine rings is 1. The van der Waals surface area contributed by atoms with Gasteiger partial charge in [-0.3, -0.25) is 0 Å². The number of benzene rings is 1. The summed E-state index contributed by atoms with van der Waals surface area (Å²) in [7, 11) is 3.11. The van der Waals surface area contributed by atoms with Gasteiger partial charge in [-0.2, -0.15) is 0 Å². The van der Waals surface area contributed by atoms with E-state index >= 15 is 0 Å². The lowest BCUT2D eigenvalue weighted by Crippen LogP contribution is -2.04.